The van der Waals surface area contributed by atoms with E-state index in [1.807, 2.05) is 0 Å². The van der Waals surface area contributed by atoms with Crippen molar-refractivity contribution in [2.24, 2.45) is 0 Å². The molecule has 1 aliphatic heterocycles. The van der Waals surface area contributed by atoms with Crippen molar-refractivity contribution in [3.63, 3.8) is 0 Å². The van der Waals surface area contributed by atoms with Gasteiger partial charge < -0.3 is 10.1 Å². The molecule has 1 saturated heterocycles. The van der Waals surface area contributed by atoms with Gasteiger partial charge in [-0.2, -0.15) is 0 Å². The van der Waals surface area contributed by atoms with Crippen molar-refractivity contribution < 1.29 is 14.3 Å². The largest absolute Gasteiger partial charge is 0.466 e. The fourth-order valence-corrected chi connectivity index (χ4v) is 1.49. The Kier molecular flexibility index (Phi) is 3.16. The number of hydrogen-bond donors (Lipinski definition) is 1. The van der Waals surface area contributed by atoms with E-state index < -0.39 is 0 Å². The first-order chi connectivity index (χ1) is 5.72. The Morgan fingerprint density at radius 2 is 2.50 bits per heavy atom. The van der Waals surface area contributed by atoms with Gasteiger partial charge in [0, 0.05) is 6.08 Å². The van der Waals surface area contributed by atoms with Gasteiger partial charge in [0.05, 0.1) is 18.9 Å². The summed E-state index contributed by atoms with van der Waals surface area (Å²) >= 11 is 1.40. The van der Waals surface area contributed by atoms with Gasteiger partial charge in [-0.25, -0.2) is 4.79 Å². The molecule has 0 aromatic rings. The summed E-state index contributed by atoms with van der Waals surface area (Å²) in [5.41, 5.74) is 0. The molecule has 1 unspecified atom stereocenters. The number of ether oxygens (including phenoxy) is 1. The van der Waals surface area contributed by atoms with Gasteiger partial charge in [0.2, 0.25) is 5.91 Å². The lowest BCUT2D eigenvalue weighted by molar-refractivity contribution is -0.134. The molecule has 1 fully saturated rings. The molecule has 1 N–H and O–H groups in total. The molecule has 66 valence electrons. The Bertz CT molecular complexity index is 219. The first-order valence-corrected chi connectivity index (χ1v) is 4.36. The average Bonchev–Trinajstić information content (AvgIpc) is 2.01. The molecule has 1 aliphatic rings. The van der Waals surface area contributed by atoms with Crippen molar-refractivity contribution in [1.29, 1.82) is 0 Å². The molecular formula is C7H9NO3S. The molecule has 12 heavy (non-hydrogen) atoms. The van der Waals surface area contributed by atoms with Crippen LogP contribution in [-0.4, -0.2) is 24.4 Å². The van der Waals surface area contributed by atoms with Crippen LogP contribution in [0.3, 0.4) is 0 Å². The van der Waals surface area contributed by atoms with Crippen molar-refractivity contribution in [1.82, 2.24) is 5.32 Å². The fourth-order valence-electron chi connectivity index (χ4n) is 0.667. The van der Waals surface area contributed by atoms with Crippen LogP contribution in [0, 0.1) is 0 Å². The lowest BCUT2D eigenvalue weighted by Crippen LogP contribution is -2.45. The zero-order valence-corrected chi connectivity index (χ0v) is 7.39. The van der Waals surface area contributed by atoms with E-state index in [1.165, 1.54) is 24.9 Å². The Morgan fingerprint density at radius 3 is 3.00 bits per heavy atom. The second kappa shape index (κ2) is 4.15. The first kappa shape index (κ1) is 9.12. The Morgan fingerprint density at radius 1 is 1.83 bits per heavy atom. The van der Waals surface area contributed by atoms with Crippen molar-refractivity contribution in [2.45, 2.75) is 11.8 Å². The minimum atomic E-state index is -0.381. The van der Waals surface area contributed by atoms with Crippen LogP contribution in [-0.2, 0) is 14.3 Å². The molecule has 1 amide bonds. The van der Waals surface area contributed by atoms with Gasteiger partial charge >= 0.3 is 5.97 Å². The maximum atomic E-state index is 10.6. The number of nitrogens with one attached hydrogen (secondary N) is 1. The van der Waals surface area contributed by atoms with Gasteiger partial charge in [0.1, 0.15) is 0 Å². The van der Waals surface area contributed by atoms with E-state index in [0.29, 0.717) is 6.42 Å². The maximum absolute atomic E-state index is 10.6. The molecule has 0 saturated carbocycles. The van der Waals surface area contributed by atoms with Crippen LogP contribution in [0.15, 0.2) is 11.5 Å². The molecule has 4 nitrogen and oxygen atoms in total. The minimum absolute atomic E-state index is 0.0546. The quantitative estimate of drug-likeness (QED) is 0.391. The van der Waals surface area contributed by atoms with Gasteiger partial charge in [-0.3, -0.25) is 4.79 Å². The van der Waals surface area contributed by atoms with Gasteiger partial charge in [0.15, 0.2) is 0 Å². The van der Waals surface area contributed by atoms with Gasteiger partial charge in [-0.05, 0) is 5.41 Å². The first-order valence-electron chi connectivity index (χ1n) is 3.41. The van der Waals surface area contributed by atoms with Gasteiger partial charge in [0.25, 0.3) is 0 Å². The number of hydrogen-bond acceptors (Lipinski definition) is 4. The summed E-state index contributed by atoms with van der Waals surface area (Å²) in [5, 5.41) is 4.40. The molecule has 1 rings (SSSR count). The van der Waals surface area contributed by atoms with Crippen molar-refractivity contribution in [2.75, 3.05) is 7.11 Å². The van der Waals surface area contributed by atoms with E-state index >= 15 is 0 Å². The number of carbonyl (C=O) groups excluding carboxylic acids is 2. The number of rotatable bonds is 3. The summed E-state index contributed by atoms with van der Waals surface area (Å²) in [6.07, 6.45) is 1.85. The van der Waals surface area contributed by atoms with Crippen LogP contribution < -0.4 is 5.32 Å². The van der Waals surface area contributed by atoms with Gasteiger partial charge in [-0.15, -0.1) is 11.8 Å². The Balaban J connectivity index is 2.13. The highest BCUT2D eigenvalue weighted by Crippen LogP contribution is 2.19. The normalized spacial score (nSPS) is 21.8. The number of amides is 1. The highest BCUT2D eigenvalue weighted by atomic mass is 32.2. The Hall–Kier alpha value is -0.970. The summed E-state index contributed by atoms with van der Waals surface area (Å²) in [5.74, 6) is -0.327. The summed E-state index contributed by atoms with van der Waals surface area (Å²) in [7, 11) is 1.32. The van der Waals surface area contributed by atoms with E-state index in [9.17, 15) is 9.59 Å². The van der Waals surface area contributed by atoms with Crippen LogP contribution >= 0.6 is 11.8 Å². The molecule has 1 heterocycles. The molecule has 0 radical (unpaired) electrons. The summed E-state index contributed by atoms with van der Waals surface area (Å²) in [6.45, 7) is 0. The second-order valence-electron chi connectivity index (χ2n) is 2.22. The molecule has 0 aromatic carbocycles. The van der Waals surface area contributed by atoms with E-state index in [4.69, 9.17) is 0 Å². The third-order valence-corrected chi connectivity index (χ3v) is 2.25. The molecule has 0 bridgehead atoms. The van der Waals surface area contributed by atoms with E-state index in [2.05, 4.69) is 10.1 Å². The van der Waals surface area contributed by atoms with E-state index in [-0.39, 0.29) is 17.3 Å². The molecule has 0 aromatic heterocycles. The number of β-lactam (4-membered cyclic amide) rings is 1. The van der Waals surface area contributed by atoms with Crippen LogP contribution in [0.2, 0.25) is 0 Å². The summed E-state index contributed by atoms with van der Waals surface area (Å²) in [6, 6.07) is 0. The number of methoxy groups -OCH3 is 1. The second-order valence-corrected chi connectivity index (χ2v) is 3.34. The highest BCUT2D eigenvalue weighted by Gasteiger charge is 2.24. The molecular weight excluding hydrogens is 178 g/mol. The molecule has 0 aliphatic carbocycles. The number of thioether (sulfide) groups is 1. The van der Waals surface area contributed by atoms with E-state index in [0.717, 1.165) is 0 Å². The van der Waals surface area contributed by atoms with Gasteiger partial charge in [-0.1, -0.05) is 0 Å². The molecule has 1 atom stereocenters. The predicted molar refractivity (Wildman–Crippen MR) is 45.3 cm³/mol. The van der Waals surface area contributed by atoms with Crippen LogP contribution in [0.1, 0.15) is 6.42 Å². The molecule has 5 heteroatoms. The average molecular weight is 187 g/mol. The van der Waals surface area contributed by atoms with Crippen molar-refractivity contribution >= 4 is 23.6 Å². The number of carbonyl (C=O) groups is 2. The topological polar surface area (TPSA) is 55.4 Å². The smallest absolute Gasteiger partial charge is 0.330 e. The standard InChI is InChI=1S/C7H9NO3S/c1-11-7(10)2-3-12-6-4-5(9)8-6/h2-3,6H,4H2,1H3,(H,8,9). The molecule has 0 spiro atoms. The summed E-state index contributed by atoms with van der Waals surface area (Å²) < 4.78 is 4.38. The van der Waals surface area contributed by atoms with Crippen LogP contribution in [0.4, 0.5) is 0 Å². The van der Waals surface area contributed by atoms with Crippen LogP contribution in [0.5, 0.6) is 0 Å². The highest BCUT2D eigenvalue weighted by molar-refractivity contribution is 8.02. The zero-order valence-electron chi connectivity index (χ0n) is 6.57. The lowest BCUT2D eigenvalue weighted by Gasteiger charge is -2.24. The zero-order chi connectivity index (χ0) is 8.97. The minimum Gasteiger partial charge on any atom is -0.466 e. The SMILES string of the molecule is COC(=O)C=CSC1CC(=O)N1. The lowest BCUT2D eigenvalue weighted by atomic mass is 10.3. The third kappa shape index (κ3) is 2.58. The van der Waals surface area contributed by atoms with Crippen molar-refractivity contribution in [3.8, 4) is 0 Å². The maximum Gasteiger partial charge on any atom is 0.330 e. The fraction of sp³-hybridized carbons (Fsp3) is 0.429. The van der Waals surface area contributed by atoms with Crippen LogP contribution in [0.25, 0.3) is 0 Å². The van der Waals surface area contributed by atoms with Crippen molar-refractivity contribution in [3.05, 3.63) is 11.5 Å². The predicted octanol–water partition coefficient (Wildman–Crippen LogP) is 0.252. The Labute approximate surface area is 74.3 Å². The number of esters is 1. The van der Waals surface area contributed by atoms with E-state index in [1.54, 1.807) is 5.41 Å². The third-order valence-electron chi connectivity index (χ3n) is 1.34. The summed E-state index contributed by atoms with van der Waals surface area (Å²) in [4.78, 5) is 21.0. The monoisotopic (exact) mass is 187 g/mol.